The van der Waals surface area contributed by atoms with Crippen LogP contribution in [-0.2, 0) is 16.1 Å². The van der Waals surface area contributed by atoms with E-state index in [0.717, 1.165) is 33.5 Å². The maximum atomic E-state index is 12.3. The van der Waals surface area contributed by atoms with Crippen molar-refractivity contribution in [2.45, 2.75) is 39.7 Å². The topological polar surface area (TPSA) is 102 Å². The summed E-state index contributed by atoms with van der Waals surface area (Å²) in [7, 11) is 1.73. The molecule has 0 aliphatic carbocycles. The second-order valence-corrected chi connectivity index (χ2v) is 6.73. The highest BCUT2D eigenvalue weighted by Gasteiger charge is 2.23. The molecule has 0 amide bonds. The molecule has 6 heteroatoms. The highest BCUT2D eigenvalue weighted by atomic mass is 16.5. The first-order chi connectivity index (χ1) is 12.8. The number of hydrazine groups is 1. The minimum Gasteiger partial charge on any atom is -0.466 e. The molecule has 0 spiro atoms. The molecular formula is C21H29N3O3. The van der Waals surface area contributed by atoms with E-state index in [1.165, 1.54) is 5.01 Å². The van der Waals surface area contributed by atoms with E-state index in [1.807, 2.05) is 44.2 Å². The van der Waals surface area contributed by atoms with Crippen LogP contribution in [0.2, 0.25) is 0 Å². The van der Waals surface area contributed by atoms with E-state index >= 15 is 0 Å². The molecule has 0 fully saturated rings. The normalized spacial score (nSPS) is 11.9. The van der Waals surface area contributed by atoms with Crippen LogP contribution in [0.5, 0.6) is 0 Å². The van der Waals surface area contributed by atoms with Gasteiger partial charge in [0.1, 0.15) is 0 Å². The average molecular weight is 371 g/mol. The van der Waals surface area contributed by atoms with E-state index in [9.17, 15) is 9.90 Å². The Balaban J connectivity index is 2.57. The maximum absolute atomic E-state index is 12.3. The molecule has 0 aliphatic heterocycles. The Morgan fingerprint density at radius 2 is 1.96 bits per heavy atom. The molecule has 1 atom stereocenters. The van der Waals surface area contributed by atoms with Gasteiger partial charge >= 0.3 is 5.97 Å². The van der Waals surface area contributed by atoms with Gasteiger partial charge in [0.15, 0.2) is 0 Å². The van der Waals surface area contributed by atoms with Crippen molar-refractivity contribution in [3.8, 4) is 0 Å². The maximum Gasteiger partial charge on any atom is 0.306 e. The summed E-state index contributed by atoms with van der Waals surface area (Å²) in [4.78, 5) is 12.3. The number of aliphatic hydroxyl groups is 1. The number of hydrogen-bond donors (Lipinski definition) is 3. The van der Waals surface area contributed by atoms with Crippen LogP contribution in [0.3, 0.4) is 0 Å². The number of ether oxygens (including phenoxy) is 1. The lowest BCUT2D eigenvalue weighted by atomic mass is 9.84. The molecule has 27 heavy (non-hydrogen) atoms. The fourth-order valence-electron chi connectivity index (χ4n) is 3.29. The summed E-state index contributed by atoms with van der Waals surface area (Å²) in [6, 6.07) is 9.69. The quantitative estimate of drug-likeness (QED) is 0.299. The Kier molecular flexibility index (Phi) is 6.82. The van der Waals surface area contributed by atoms with Crippen molar-refractivity contribution in [2.75, 3.05) is 24.4 Å². The predicted molar refractivity (Wildman–Crippen MR) is 108 cm³/mol. The molecule has 0 unspecified atom stereocenters. The van der Waals surface area contributed by atoms with Gasteiger partial charge in [-0.3, -0.25) is 4.79 Å². The molecule has 5 N–H and O–H groups in total. The van der Waals surface area contributed by atoms with Crippen LogP contribution in [0, 0.1) is 13.8 Å². The molecule has 2 aromatic carbocycles. The van der Waals surface area contributed by atoms with Crippen molar-refractivity contribution in [3.63, 3.8) is 0 Å². The van der Waals surface area contributed by atoms with Crippen molar-refractivity contribution in [3.05, 3.63) is 58.1 Å². The number of carbonyl (C=O) groups excluding carboxylic acids is 1. The van der Waals surface area contributed by atoms with Crippen molar-refractivity contribution in [2.24, 2.45) is 5.84 Å². The molecule has 0 heterocycles. The lowest BCUT2D eigenvalue weighted by Crippen LogP contribution is -2.26. The Bertz CT molecular complexity index is 819. The minimum absolute atomic E-state index is 0.0518. The van der Waals surface area contributed by atoms with Gasteiger partial charge < -0.3 is 20.6 Å². The molecule has 0 saturated heterocycles. The molecule has 0 radical (unpaired) electrons. The van der Waals surface area contributed by atoms with Crippen LogP contribution < -0.4 is 16.6 Å². The zero-order valence-corrected chi connectivity index (χ0v) is 16.5. The highest BCUT2D eigenvalue weighted by Crippen LogP contribution is 2.37. The Labute approximate surface area is 160 Å². The molecule has 0 saturated carbocycles. The van der Waals surface area contributed by atoms with Crippen molar-refractivity contribution >= 4 is 17.3 Å². The number of nitrogens with zero attached hydrogens (tertiary/aromatic N) is 1. The van der Waals surface area contributed by atoms with Crippen LogP contribution in [0.4, 0.5) is 11.4 Å². The first-order valence-electron chi connectivity index (χ1n) is 9.03. The van der Waals surface area contributed by atoms with Crippen LogP contribution >= 0.6 is 0 Å². The first kappa shape index (κ1) is 20.7. The second kappa shape index (κ2) is 8.88. The molecule has 0 bridgehead atoms. The summed E-state index contributed by atoms with van der Waals surface area (Å²) in [5, 5.41) is 11.1. The van der Waals surface area contributed by atoms with Gasteiger partial charge in [-0.2, -0.15) is 0 Å². The van der Waals surface area contributed by atoms with Crippen LogP contribution in [0.1, 0.15) is 47.1 Å². The standard InChI is InChI=1S/C21H29N3O3/c1-5-27-20(26)11-18(15-7-6-13(2)16(10-15)12-25)17-8-9-19(24(4)23)21(22)14(17)3/h6-10,18,25H,5,11-12,22-23H2,1-4H3/t18-/m1/s1. The molecule has 0 aliphatic rings. The smallest absolute Gasteiger partial charge is 0.306 e. The van der Waals surface area contributed by atoms with Gasteiger partial charge in [0.05, 0.1) is 31.0 Å². The summed E-state index contributed by atoms with van der Waals surface area (Å²) < 4.78 is 5.18. The summed E-state index contributed by atoms with van der Waals surface area (Å²) in [6.45, 7) is 5.95. The van der Waals surface area contributed by atoms with E-state index in [0.29, 0.717) is 12.3 Å². The van der Waals surface area contributed by atoms with E-state index in [4.69, 9.17) is 16.3 Å². The van der Waals surface area contributed by atoms with Gasteiger partial charge in [-0.25, -0.2) is 5.84 Å². The number of aryl methyl sites for hydroxylation is 1. The SMILES string of the molecule is CCOC(=O)C[C@H](c1ccc(C)c(CO)c1)c1ccc(N(C)N)c(N)c1C. The number of aliphatic hydroxyl groups excluding tert-OH is 1. The fourth-order valence-corrected chi connectivity index (χ4v) is 3.29. The summed E-state index contributed by atoms with van der Waals surface area (Å²) in [5.41, 5.74) is 12.2. The molecular weight excluding hydrogens is 342 g/mol. The van der Waals surface area contributed by atoms with E-state index < -0.39 is 0 Å². The van der Waals surface area contributed by atoms with Crippen molar-refractivity contribution < 1.29 is 14.6 Å². The monoisotopic (exact) mass is 371 g/mol. The number of carbonyl (C=O) groups is 1. The number of nitrogen functional groups attached to an aromatic ring is 1. The minimum atomic E-state index is -0.272. The third-order valence-corrected chi connectivity index (χ3v) is 4.91. The number of esters is 1. The van der Waals surface area contributed by atoms with E-state index in [1.54, 1.807) is 14.0 Å². The number of anilines is 2. The molecule has 0 aromatic heterocycles. The van der Waals surface area contributed by atoms with Crippen molar-refractivity contribution in [1.29, 1.82) is 0 Å². The fraction of sp³-hybridized carbons (Fsp3) is 0.381. The molecule has 2 rings (SSSR count). The first-order valence-corrected chi connectivity index (χ1v) is 9.03. The third-order valence-electron chi connectivity index (χ3n) is 4.91. The third kappa shape index (κ3) is 4.59. The van der Waals surface area contributed by atoms with Gasteiger partial charge in [-0.05, 0) is 54.7 Å². The summed E-state index contributed by atoms with van der Waals surface area (Å²) in [5.74, 6) is 5.35. The highest BCUT2D eigenvalue weighted by molar-refractivity contribution is 5.75. The summed E-state index contributed by atoms with van der Waals surface area (Å²) >= 11 is 0. The van der Waals surface area contributed by atoms with Crippen molar-refractivity contribution in [1.82, 2.24) is 0 Å². The second-order valence-electron chi connectivity index (χ2n) is 6.73. The van der Waals surface area contributed by atoms with Gasteiger partial charge in [-0.1, -0.05) is 24.3 Å². The molecule has 146 valence electrons. The lowest BCUT2D eigenvalue weighted by molar-refractivity contribution is -0.143. The number of rotatable bonds is 7. The zero-order chi connectivity index (χ0) is 20.1. The Hall–Kier alpha value is -2.57. The van der Waals surface area contributed by atoms with Crippen LogP contribution in [-0.4, -0.2) is 24.7 Å². The number of nitrogens with two attached hydrogens (primary N) is 2. The van der Waals surface area contributed by atoms with E-state index in [-0.39, 0.29) is 24.9 Å². The number of hydrogen-bond acceptors (Lipinski definition) is 6. The predicted octanol–water partition coefficient (Wildman–Crippen LogP) is 2.77. The molecule has 2 aromatic rings. The number of benzene rings is 2. The van der Waals surface area contributed by atoms with Gasteiger partial charge in [0, 0.05) is 13.0 Å². The zero-order valence-electron chi connectivity index (χ0n) is 16.5. The lowest BCUT2D eigenvalue weighted by Gasteiger charge is -2.24. The van der Waals surface area contributed by atoms with Gasteiger partial charge in [0.2, 0.25) is 0 Å². The van der Waals surface area contributed by atoms with E-state index in [2.05, 4.69) is 0 Å². The Morgan fingerprint density at radius 3 is 2.56 bits per heavy atom. The van der Waals surface area contributed by atoms with Gasteiger partial charge in [-0.15, -0.1) is 0 Å². The molecule has 6 nitrogen and oxygen atoms in total. The van der Waals surface area contributed by atoms with Crippen LogP contribution in [0.25, 0.3) is 0 Å². The Morgan fingerprint density at radius 1 is 1.26 bits per heavy atom. The largest absolute Gasteiger partial charge is 0.466 e. The van der Waals surface area contributed by atoms with Crippen LogP contribution in [0.15, 0.2) is 30.3 Å². The van der Waals surface area contributed by atoms with Gasteiger partial charge in [0.25, 0.3) is 0 Å². The summed E-state index contributed by atoms with van der Waals surface area (Å²) in [6.07, 6.45) is 0.194. The average Bonchev–Trinajstić information content (AvgIpc) is 2.63.